The predicted octanol–water partition coefficient (Wildman–Crippen LogP) is 1.79. The van der Waals surface area contributed by atoms with Crippen molar-refractivity contribution in [1.29, 1.82) is 0 Å². The summed E-state index contributed by atoms with van der Waals surface area (Å²) in [4.78, 5) is 66.1. The van der Waals surface area contributed by atoms with Crippen LogP contribution in [0.4, 0.5) is 0 Å². The summed E-state index contributed by atoms with van der Waals surface area (Å²) < 4.78 is 6.13. The van der Waals surface area contributed by atoms with Crippen LogP contribution in [0.15, 0.2) is 47.0 Å². The lowest BCUT2D eigenvalue weighted by Crippen LogP contribution is -2.53. The molecule has 2 heterocycles. The van der Waals surface area contributed by atoms with Gasteiger partial charge >= 0.3 is 17.9 Å². The zero-order chi connectivity index (χ0) is 35.5. The molecule has 6 atom stereocenters. The molecule has 0 radical (unpaired) electrons. The Labute approximate surface area is 288 Å². The molecular weight excluding hydrogens is 656 g/mol. The molecule has 0 fully saturated rings. The van der Waals surface area contributed by atoms with Crippen molar-refractivity contribution in [2.45, 2.75) is 101 Å². The molecule has 15 heteroatoms. The summed E-state index contributed by atoms with van der Waals surface area (Å²) in [5.74, 6) is -4.92. The highest BCUT2D eigenvalue weighted by molar-refractivity contribution is 8.00. The summed E-state index contributed by atoms with van der Waals surface area (Å²) in [7, 11) is 0. The fraction of sp³-hybridized carbons (Fsp3) is 0.588. The smallest absolute Gasteiger partial charge is 0.353 e. The molecule has 0 spiro atoms. The molecule has 1 aromatic rings. The Hall–Kier alpha value is -3.79. The van der Waals surface area contributed by atoms with Crippen molar-refractivity contribution in [1.82, 2.24) is 15.6 Å². The highest BCUT2D eigenvalue weighted by atomic mass is 32.2. The highest BCUT2D eigenvalue weighted by Gasteiger charge is 2.47. The van der Waals surface area contributed by atoms with Gasteiger partial charge in [-0.1, -0.05) is 36.8 Å². The first-order valence-electron chi connectivity index (χ1n) is 16.8. The molecule has 8 N–H and O–H groups in total. The molecule has 2 aliphatic carbocycles. The number of hydrogen-bond donors (Lipinski definition) is 7. The zero-order valence-electron chi connectivity index (χ0n) is 27.3. The zero-order valence-corrected chi connectivity index (χ0v) is 28.2. The fourth-order valence-corrected chi connectivity index (χ4v) is 8.10. The van der Waals surface area contributed by atoms with Crippen molar-refractivity contribution in [3.05, 3.63) is 52.6 Å². The number of pyridine rings is 1. The third kappa shape index (κ3) is 10.4. The van der Waals surface area contributed by atoms with E-state index in [0.29, 0.717) is 31.4 Å². The molecule has 1 unspecified atom stereocenters. The lowest BCUT2D eigenvalue weighted by Gasteiger charge is -2.34. The van der Waals surface area contributed by atoms with Crippen LogP contribution in [0.25, 0.3) is 0 Å². The lowest BCUT2D eigenvalue weighted by molar-refractivity contribution is -0.151. The number of aliphatic carboxylic acids is 2. The SMILES string of the molecule is N[C@@H](CCC(=O)N[C@@H](CSC1CCCCCC[C@H]2CC(Cc3ccncc3)=C(CCCO)[C@@H]3C(=O)OC1=C23)C(=O)N[C@@H](O)C(=O)O)C(=O)O. The lowest BCUT2D eigenvalue weighted by atomic mass is 9.69. The summed E-state index contributed by atoms with van der Waals surface area (Å²) in [5, 5.41) is 41.8. The van der Waals surface area contributed by atoms with E-state index in [2.05, 4.69) is 10.3 Å². The van der Waals surface area contributed by atoms with Crippen LogP contribution in [-0.4, -0.2) is 91.1 Å². The minimum absolute atomic E-state index is 0.0182. The van der Waals surface area contributed by atoms with Crippen LogP contribution in [0.1, 0.15) is 76.2 Å². The summed E-state index contributed by atoms with van der Waals surface area (Å²) in [5.41, 5.74) is 9.71. The highest BCUT2D eigenvalue weighted by Crippen LogP contribution is 2.51. The largest absolute Gasteiger partial charge is 0.480 e. The van der Waals surface area contributed by atoms with Crippen molar-refractivity contribution in [3.8, 4) is 0 Å². The molecule has 49 heavy (non-hydrogen) atoms. The summed E-state index contributed by atoms with van der Waals surface area (Å²) in [6.45, 7) is -0.0182. The van der Waals surface area contributed by atoms with Gasteiger partial charge in [-0.05, 0) is 74.1 Å². The van der Waals surface area contributed by atoms with E-state index in [4.69, 9.17) is 20.7 Å². The van der Waals surface area contributed by atoms with Crippen LogP contribution in [0, 0.1) is 11.8 Å². The number of amides is 2. The van der Waals surface area contributed by atoms with Crippen LogP contribution >= 0.6 is 11.8 Å². The molecule has 1 aromatic heterocycles. The number of thioether (sulfide) groups is 1. The molecular formula is C34H46N4O10S. The Bertz CT molecular complexity index is 1430. The second kappa shape index (κ2) is 18.3. The predicted molar refractivity (Wildman–Crippen MR) is 179 cm³/mol. The Morgan fingerprint density at radius 3 is 2.43 bits per heavy atom. The van der Waals surface area contributed by atoms with E-state index in [1.165, 1.54) is 17.3 Å². The Kier molecular flexibility index (Phi) is 14.2. The third-order valence-corrected chi connectivity index (χ3v) is 10.6. The third-order valence-electron chi connectivity index (χ3n) is 9.24. The number of nitrogens with zero attached hydrogens (tertiary/aromatic N) is 1. The molecule has 4 rings (SSSR count). The molecule has 0 saturated carbocycles. The van der Waals surface area contributed by atoms with E-state index >= 15 is 0 Å². The van der Waals surface area contributed by atoms with Crippen molar-refractivity contribution in [2.24, 2.45) is 17.6 Å². The van der Waals surface area contributed by atoms with Crippen molar-refractivity contribution in [2.75, 3.05) is 12.4 Å². The van der Waals surface area contributed by atoms with Crippen LogP contribution in [0.5, 0.6) is 0 Å². The van der Waals surface area contributed by atoms with Crippen molar-refractivity contribution < 1.29 is 49.1 Å². The van der Waals surface area contributed by atoms with Crippen LogP contribution < -0.4 is 16.4 Å². The van der Waals surface area contributed by atoms with Gasteiger partial charge in [0.25, 0.3) is 0 Å². The number of allylic oxidation sites excluding steroid dienone is 1. The number of rotatable bonds is 16. The molecule has 14 nitrogen and oxygen atoms in total. The van der Waals surface area contributed by atoms with Gasteiger partial charge in [-0.2, -0.15) is 0 Å². The maximum Gasteiger partial charge on any atom is 0.353 e. The second-order valence-corrected chi connectivity index (χ2v) is 14.0. The number of aliphatic hydroxyl groups excluding tert-OH is 2. The number of aromatic nitrogens is 1. The average molecular weight is 703 g/mol. The molecule has 2 amide bonds. The number of hydrogen-bond acceptors (Lipinski definition) is 11. The van der Waals surface area contributed by atoms with Gasteiger partial charge < -0.3 is 41.5 Å². The standard InChI is InChI=1S/C34H46N4O10S/c35-23(32(43)44)9-10-26(40)37-24(30(41)38-31(42)33(45)46)18-49-25-8-4-2-1-3-6-20-17-21(16-19-11-13-36-14-12-19)22(7-5-15-39)28-27(20)29(25)48-34(28)47/h11-14,20,23-25,28,31,39,42H,1-10,15-18,35H2,(H,37,40)(H,38,41)(H,43,44)(H,45,46)/t20-,23-,24-,25?,28-,31-/m0/s1. The number of carbonyl (C=O) groups is 5. The van der Waals surface area contributed by atoms with Gasteiger partial charge in [0.05, 0.1) is 5.25 Å². The van der Waals surface area contributed by atoms with Gasteiger partial charge in [-0.25, -0.2) is 4.79 Å². The first kappa shape index (κ1) is 38.0. The van der Waals surface area contributed by atoms with E-state index in [1.54, 1.807) is 12.4 Å². The van der Waals surface area contributed by atoms with E-state index in [0.717, 1.165) is 55.2 Å². The quantitative estimate of drug-likeness (QED) is 0.0740. The Morgan fingerprint density at radius 2 is 1.76 bits per heavy atom. The van der Waals surface area contributed by atoms with Gasteiger partial charge in [0, 0.05) is 31.2 Å². The Balaban J connectivity index is 1.64. The number of nitrogens with one attached hydrogen (secondary N) is 2. The monoisotopic (exact) mass is 702 g/mol. The number of carbonyl (C=O) groups excluding carboxylic acids is 3. The van der Waals surface area contributed by atoms with Gasteiger partial charge in [0.1, 0.15) is 23.8 Å². The molecule has 0 saturated heterocycles. The number of esters is 1. The maximum atomic E-state index is 13.8. The minimum atomic E-state index is -2.21. The first-order valence-corrected chi connectivity index (χ1v) is 17.8. The van der Waals surface area contributed by atoms with Crippen molar-refractivity contribution >= 4 is 41.5 Å². The molecule has 1 aliphatic heterocycles. The molecule has 0 bridgehead atoms. The Morgan fingerprint density at radius 1 is 1.04 bits per heavy atom. The van der Waals surface area contributed by atoms with E-state index in [-0.39, 0.29) is 42.3 Å². The van der Waals surface area contributed by atoms with Gasteiger partial charge in [-0.15, -0.1) is 11.8 Å². The van der Waals surface area contributed by atoms with Gasteiger partial charge in [0.15, 0.2) is 0 Å². The van der Waals surface area contributed by atoms with Crippen LogP contribution in [0.3, 0.4) is 0 Å². The van der Waals surface area contributed by atoms with E-state index in [9.17, 15) is 34.2 Å². The average Bonchev–Trinajstić information content (AvgIpc) is 3.42. The number of carboxylic acids is 2. The molecule has 268 valence electrons. The number of ether oxygens (including phenoxy) is 1. The summed E-state index contributed by atoms with van der Waals surface area (Å²) in [6.07, 6.45) is 8.57. The topological polar surface area (TPSA) is 238 Å². The first-order chi connectivity index (χ1) is 23.5. The van der Waals surface area contributed by atoms with Gasteiger partial charge in [-0.3, -0.25) is 24.2 Å². The summed E-state index contributed by atoms with van der Waals surface area (Å²) >= 11 is 1.30. The normalized spacial score (nSPS) is 22.8. The maximum absolute atomic E-state index is 13.8. The fourth-order valence-electron chi connectivity index (χ4n) is 6.77. The molecule has 0 aromatic carbocycles. The van der Waals surface area contributed by atoms with Crippen LogP contribution in [-0.2, 0) is 35.1 Å². The van der Waals surface area contributed by atoms with Gasteiger partial charge in [0.2, 0.25) is 18.0 Å². The molecule has 3 aliphatic rings. The van der Waals surface area contributed by atoms with Crippen LogP contribution in [0.2, 0.25) is 0 Å². The second-order valence-electron chi connectivity index (χ2n) is 12.7. The minimum Gasteiger partial charge on any atom is -0.480 e. The summed E-state index contributed by atoms with van der Waals surface area (Å²) in [6, 6.07) is 1.34. The van der Waals surface area contributed by atoms with Crippen molar-refractivity contribution in [3.63, 3.8) is 0 Å². The number of aliphatic hydroxyl groups is 2. The number of nitrogens with two attached hydrogens (primary N) is 1. The van der Waals surface area contributed by atoms with E-state index < -0.39 is 48.0 Å². The number of carboxylic acid groups (broad SMARTS) is 2. The van der Waals surface area contributed by atoms with E-state index in [1.807, 2.05) is 17.4 Å².